The average Bonchev–Trinajstić information content (AvgIpc) is 4.00. The molecule has 1 aliphatic rings. The van der Waals surface area contributed by atoms with Gasteiger partial charge in [0, 0.05) is 0 Å². The Morgan fingerprint density at radius 3 is 1.47 bits per heavy atom. The minimum atomic E-state index is -0.826. The van der Waals surface area contributed by atoms with Gasteiger partial charge in [-0.2, -0.15) is 41.6 Å². The van der Waals surface area contributed by atoms with Crippen LogP contribution in [0.2, 0.25) is 0 Å². The first-order valence-corrected chi connectivity index (χ1v) is 29.8. The standard InChI is InChI=1S/2C23H27.C12H7Si.2ClH.Zr/c2*1-5-6-9-18-14-19-13-12-17(4)23(22(19)15-18)21-11-8-7-10-20(21)16(2)3;1-3-7-11-9(5-1)10-6-2-4-8-12(10)13-11;;;/h2*7-8,10-16H,5-6,9H2,1-4H3;1-7H;2*1H;/q3*-1;;;+2/p-2. The fraction of sp³-hybridized carbons (Fsp3) is 0.276. The number of unbranched alkanes of at least 4 members (excludes halogenated alkanes) is 2. The Morgan fingerprint density at radius 2 is 1.00 bits per heavy atom. The second kappa shape index (κ2) is 23.2. The van der Waals surface area contributed by atoms with Gasteiger partial charge in [-0.3, -0.25) is 0 Å². The molecular weight excluding hydrogens is 887 g/mol. The van der Waals surface area contributed by atoms with Crippen molar-refractivity contribution in [1.29, 1.82) is 0 Å². The average molecular weight is 948 g/mol. The van der Waals surface area contributed by atoms with E-state index in [1.165, 1.54) is 137 Å². The van der Waals surface area contributed by atoms with Crippen LogP contribution in [0.5, 0.6) is 0 Å². The molecule has 1 heterocycles. The molecule has 0 aliphatic carbocycles. The number of fused-ring (bicyclic) bond motifs is 5. The molecular formula is C58H61Cl2SiZr-3. The molecule has 1 aliphatic heterocycles. The first-order valence-electron chi connectivity index (χ1n) is 22.5. The third-order valence-electron chi connectivity index (χ3n) is 12.0. The molecule has 0 N–H and O–H groups in total. The summed E-state index contributed by atoms with van der Waals surface area (Å²) < 4.78 is 0. The summed E-state index contributed by atoms with van der Waals surface area (Å²) >= 11 is -0.826. The Balaban J connectivity index is 0.000000155. The number of hydrogen-bond donors (Lipinski definition) is 0. The normalized spacial score (nSPS) is 11.4. The molecule has 0 aromatic heterocycles. The van der Waals surface area contributed by atoms with E-state index in [0.717, 1.165) is 9.52 Å². The zero-order chi connectivity index (χ0) is 44.2. The summed E-state index contributed by atoms with van der Waals surface area (Å²) in [5.74, 6) is 1.07. The molecule has 0 saturated heterocycles. The van der Waals surface area contributed by atoms with Gasteiger partial charge in [0.2, 0.25) is 0 Å². The maximum atomic E-state index is 4.93. The van der Waals surface area contributed by atoms with E-state index in [-0.39, 0.29) is 0 Å². The van der Waals surface area contributed by atoms with Crippen LogP contribution in [0.1, 0.15) is 112 Å². The largest absolute Gasteiger partial charge is 0.184 e. The Kier molecular flexibility index (Phi) is 17.9. The van der Waals surface area contributed by atoms with Crippen LogP contribution < -0.4 is 10.4 Å². The zero-order valence-electron chi connectivity index (χ0n) is 37.9. The summed E-state index contributed by atoms with van der Waals surface area (Å²) in [5.41, 5.74) is 17.0. The van der Waals surface area contributed by atoms with E-state index in [9.17, 15) is 0 Å². The summed E-state index contributed by atoms with van der Waals surface area (Å²) in [7, 11) is 10.7. The van der Waals surface area contributed by atoms with Crippen molar-refractivity contribution in [1.82, 2.24) is 0 Å². The van der Waals surface area contributed by atoms with Gasteiger partial charge in [0.15, 0.2) is 0 Å². The van der Waals surface area contributed by atoms with Gasteiger partial charge < -0.3 is 0 Å². The van der Waals surface area contributed by atoms with Crippen LogP contribution in [0, 0.1) is 19.9 Å². The van der Waals surface area contributed by atoms with Crippen LogP contribution >= 0.6 is 17.0 Å². The third-order valence-corrected chi connectivity index (χ3v) is 13.4. The van der Waals surface area contributed by atoms with E-state index in [1.54, 1.807) is 0 Å². The fourth-order valence-corrected chi connectivity index (χ4v) is 10.2. The van der Waals surface area contributed by atoms with Crippen molar-refractivity contribution in [3.05, 3.63) is 179 Å². The van der Waals surface area contributed by atoms with Gasteiger partial charge in [-0.25, -0.2) is 0 Å². The number of hydrogen-bond acceptors (Lipinski definition) is 0. The van der Waals surface area contributed by atoms with Crippen LogP contribution in [0.3, 0.4) is 0 Å². The molecule has 0 nitrogen and oxygen atoms in total. The van der Waals surface area contributed by atoms with Gasteiger partial charge in [-0.05, 0) is 60.8 Å². The SMILES string of the molecule is CCCCc1cc2c(-c3ccccc3C(C)C)c(C)ccc2[cH-]1.CCCCc1cc2c(-c3ccccc3C(C)C)c(C)ccc2[cH-]1.[Cl][Zr][Cl].[c-]1cccc2c1[Si]c1ccccc1-2. The Morgan fingerprint density at radius 1 is 0.565 bits per heavy atom. The predicted molar refractivity (Wildman–Crippen MR) is 272 cm³/mol. The molecule has 0 spiro atoms. The topological polar surface area (TPSA) is 0 Å². The summed E-state index contributed by atoms with van der Waals surface area (Å²) in [5, 5.41) is 8.43. The Labute approximate surface area is 394 Å². The quantitative estimate of drug-likeness (QED) is 0.0947. The monoisotopic (exact) mass is 945 g/mol. The molecule has 0 amide bonds. The molecule has 62 heavy (non-hydrogen) atoms. The number of halogens is 2. The van der Waals surface area contributed by atoms with Gasteiger partial charge in [0.1, 0.15) is 0 Å². The van der Waals surface area contributed by atoms with E-state index >= 15 is 0 Å². The number of benzene rings is 6. The van der Waals surface area contributed by atoms with E-state index in [0.29, 0.717) is 11.8 Å². The zero-order valence-corrected chi connectivity index (χ0v) is 42.9. The van der Waals surface area contributed by atoms with E-state index in [2.05, 4.69) is 195 Å². The Hall–Kier alpha value is -3.78. The Bertz CT molecular complexity index is 2490. The van der Waals surface area contributed by atoms with Crippen molar-refractivity contribution in [3.63, 3.8) is 0 Å². The summed E-state index contributed by atoms with van der Waals surface area (Å²) in [4.78, 5) is 0. The molecule has 2 radical (unpaired) electrons. The van der Waals surface area contributed by atoms with Crippen LogP contribution in [-0.4, -0.2) is 9.52 Å². The smallest absolute Gasteiger partial charge is 0.0920 e. The minimum Gasteiger partial charge on any atom is -0.184 e. The van der Waals surface area contributed by atoms with E-state index < -0.39 is 20.8 Å². The van der Waals surface area contributed by atoms with Crippen molar-refractivity contribution >= 4 is 58.5 Å². The van der Waals surface area contributed by atoms with Crippen molar-refractivity contribution in [3.8, 4) is 33.4 Å². The molecule has 4 heteroatoms. The van der Waals surface area contributed by atoms with Crippen molar-refractivity contribution < 1.29 is 20.8 Å². The van der Waals surface area contributed by atoms with Gasteiger partial charge in [0.25, 0.3) is 0 Å². The van der Waals surface area contributed by atoms with E-state index in [4.69, 9.17) is 17.0 Å². The molecule has 9 rings (SSSR count). The van der Waals surface area contributed by atoms with Crippen molar-refractivity contribution in [2.75, 3.05) is 0 Å². The minimum absolute atomic E-state index is 0.537. The van der Waals surface area contributed by atoms with Crippen LogP contribution in [0.4, 0.5) is 0 Å². The molecule has 8 aromatic rings. The maximum Gasteiger partial charge on any atom is 0.0920 e. The molecule has 0 unspecified atom stereocenters. The first kappa shape index (κ1) is 47.7. The van der Waals surface area contributed by atoms with E-state index in [1.807, 2.05) is 6.07 Å². The maximum absolute atomic E-state index is 4.93. The fourth-order valence-electron chi connectivity index (χ4n) is 8.85. The molecule has 0 bridgehead atoms. The van der Waals surface area contributed by atoms with Crippen LogP contribution in [0.15, 0.2) is 140 Å². The third kappa shape index (κ3) is 11.5. The van der Waals surface area contributed by atoms with Gasteiger partial charge in [0.05, 0.1) is 9.52 Å². The number of rotatable bonds is 10. The molecule has 8 aromatic carbocycles. The van der Waals surface area contributed by atoms with Crippen molar-refractivity contribution in [2.24, 2.45) is 0 Å². The molecule has 0 saturated carbocycles. The summed E-state index contributed by atoms with van der Waals surface area (Å²) in [6.07, 6.45) is 7.43. The predicted octanol–water partition coefficient (Wildman–Crippen LogP) is 16.5. The van der Waals surface area contributed by atoms with Gasteiger partial charge in [-0.15, -0.1) is 74.6 Å². The van der Waals surface area contributed by atoms with Crippen molar-refractivity contribution in [2.45, 2.75) is 106 Å². The summed E-state index contributed by atoms with van der Waals surface area (Å²) in [6, 6.07) is 54.7. The first-order chi connectivity index (χ1) is 30.1. The summed E-state index contributed by atoms with van der Waals surface area (Å²) in [6.45, 7) is 18.1. The van der Waals surface area contributed by atoms with Crippen LogP contribution in [0.25, 0.3) is 54.9 Å². The molecule has 0 atom stereocenters. The number of aryl methyl sites for hydroxylation is 4. The molecule has 318 valence electrons. The second-order valence-electron chi connectivity index (χ2n) is 17.1. The second-order valence-corrected chi connectivity index (χ2v) is 22.2. The van der Waals surface area contributed by atoms with Crippen LogP contribution in [-0.2, 0) is 33.7 Å². The van der Waals surface area contributed by atoms with Gasteiger partial charge in [-0.1, -0.05) is 173 Å². The van der Waals surface area contributed by atoms with Gasteiger partial charge >= 0.3 is 37.9 Å². The molecule has 0 fully saturated rings.